The molecule has 19 heavy (non-hydrogen) atoms. The van der Waals surface area contributed by atoms with Crippen molar-refractivity contribution in [1.29, 1.82) is 0 Å². The number of nitrogens with zero attached hydrogens (tertiary/aromatic N) is 1. The number of nitrogens with two attached hydrogens (primary N) is 1. The van der Waals surface area contributed by atoms with E-state index in [1.807, 2.05) is 0 Å². The van der Waals surface area contributed by atoms with Gasteiger partial charge < -0.3 is 20.2 Å². The Labute approximate surface area is 112 Å². The van der Waals surface area contributed by atoms with Crippen molar-refractivity contribution in [3.05, 3.63) is 18.2 Å². The molecule has 0 radical (unpaired) electrons. The fourth-order valence-electron chi connectivity index (χ4n) is 2.39. The van der Waals surface area contributed by atoms with Crippen LogP contribution in [0.5, 0.6) is 0 Å². The van der Waals surface area contributed by atoms with Crippen LogP contribution in [-0.4, -0.2) is 41.3 Å². The number of ether oxygens (including phenoxy) is 2. The van der Waals surface area contributed by atoms with E-state index in [0.29, 0.717) is 6.42 Å². The van der Waals surface area contributed by atoms with E-state index in [4.69, 9.17) is 15.2 Å². The number of carbonyl (C=O) groups is 1. The summed E-state index contributed by atoms with van der Waals surface area (Å²) in [6.45, 7) is 0. The second-order valence-electron chi connectivity index (χ2n) is 4.97. The number of rotatable bonds is 5. The first-order valence-corrected chi connectivity index (χ1v) is 6.65. The number of H-pyrrole nitrogens is 1. The van der Waals surface area contributed by atoms with Crippen molar-refractivity contribution in [3.63, 3.8) is 0 Å². The molecule has 3 unspecified atom stereocenters. The SMILES string of the molecule is COC1CCCC(OC(=O)C(N)Cc2cnc[nH]2)C1. The minimum absolute atomic E-state index is 0.0704. The summed E-state index contributed by atoms with van der Waals surface area (Å²) in [5.74, 6) is -0.351. The van der Waals surface area contributed by atoms with Crippen LogP contribution in [0.25, 0.3) is 0 Å². The molecule has 1 aliphatic rings. The Kier molecular flexibility index (Phi) is 4.93. The Bertz CT molecular complexity index is 394. The van der Waals surface area contributed by atoms with E-state index >= 15 is 0 Å². The molecule has 1 aliphatic carbocycles. The topological polar surface area (TPSA) is 90.2 Å². The molecular formula is C13H21N3O3. The zero-order valence-corrected chi connectivity index (χ0v) is 11.2. The van der Waals surface area contributed by atoms with Crippen molar-refractivity contribution in [1.82, 2.24) is 9.97 Å². The molecule has 0 bridgehead atoms. The molecule has 1 heterocycles. The monoisotopic (exact) mass is 267 g/mol. The number of methoxy groups -OCH3 is 1. The molecule has 1 aromatic heterocycles. The largest absolute Gasteiger partial charge is 0.461 e. The van der Waals surface area contributed by atoms with Crippen LogP contribution in [0.2, 0.25) is 0 Å². The van der Waals surface area contributed by atoms with Crippen molar-refractivity contribution in [3.8, 4) is 0 Å². The Morgan fingerprint density at radius 1 is 1.58 bits per heavy atom. The van der Waals surface area contributed by atoms with E-state index in [2.05, 4.69) is 9.97 Å². The molecule has 1 aromatic rings. The summed E-state index contributed by atoms with van der Waals surface area (Å²) in [5.41, 5.74) is 6.68. The minimum atomic E-state index is -0.650. The normalized spacial score (nSPS) is 24.9. The number of hydrogen-bond donors (Lipinski definition) is 2. The summed E-state index contributed by atoms with van der Waals surface area (Å²) >= 11 is 0. The van der Waals surface area contributed by atoms with Crippen LogP contribution in [0.15, 0.2) is 12.5 Å². The maximum Gasteiger partial charge on any atom is 0.323 e. The maximum absolute atomic E-state index is 11.9. The Hall–Kier alpha value is -1.40. The molecule has 2 rings (SSSR count). The number of carbonyl (C=O) groups excluding carboxylic acids is 1. The molecule has 0 aromatic carbocycles. The first-order chi connectivity index (χ1) is 9.19. The van der Waals surface area contributed by atoms with E-state index < -0.39 is 6.04 Å². The lowest BCUT2D eigenvalue weighted by Gasteiger charge is -2.28. The number of imidazole rings is 1. The molecule has 0 saturated heterocycles. The fraction of sp³-hybridized carbons (Fsp3) is 0.692. The molecule has 1 saturated carbocycles. The molecule has 1 fully saturated rings. The maximum atomic E-state index is 11.9. The highest BCUT2D eigenvalue weighted by molar-refractivity contribution is 5.76. The van der Waals surface area contributed by atoms with Crippen molar-refractivity contribution in [2.24, 2.45) is 5.73 Å². The van der Waals surface area contributed by atoms with E-state index in [0.717, 1.165) is 31.4 Å². The molecule has 106 valence electrons. The summed E-state index contributed by atoms with van der Waals surface area (Å²) < 4.78 is 10.8. The standard InChI is InChI=1S/C13H21N3O3/c1-18-10-3-2-4-11(6-10)19-13(17)12(14)5-9-7-15-8-16-9/h7-8,10-12H,2-6,14H2,1H3,(H,15,16). The third-order valence-electron chi connectivity index (χ3n) is 3.49. The quantitative estimate of drug-likeness (QED) is 0.769. The summed E-state index contributed by atoms with van der Waals surface area (Å²) in [6.07, 6.45) is 7.47. The van der Waals surface area contributed by atoms with Gasteiger partial charge in [0, 0.05) is 31.8 Å². The van der Waals surface area contributed by atoms with Crippen molar-refractivity contribution >= 4 is 5.97 Å². The number of hydrogen-bond acceptors (Lipinski definition) is 5. The van der Waals surface area contributed by atoms with Gasteiger partial charge in [-0.05, 0) is 19.3 Å². The van der Waals surface area contributed by atoms with Gasteiger partial charge >= 0.3 is 5.97 Å². The van der Waals surface area contributed by atoms with Crippen LogP contribution in [0.1, 0.15) is 31.4 Å². The van der Waals surface area contributed by atoms with Crippen molar-refractivity contribution in [2.45, 2.75) is 50.4 Å². The molecule has 0 amide bonds. The van der Waals surface area contributed by atoms with Crippen molar-refractivity contribution in [2.75, 3.05) is 7.11 Å². The third kappa shape index (κ3) is 4.04. The lowest BCUT2D eigenvalue weighted by molar-refractivity contribution is -0.154. The van der Waals surface area contributed by atoms with Gasteiger partial charge in [0.15, 0.2) is 0 Å². The van der Waals surface area contributed by atoms with E-state index in [1.165, 1.54) is 0 Å². The van der Waals surface area contributed by atoms with Gasteiger partial charge in [0.25, 0.3) is 0 Å². The average Bonchev–Trinajstić information content (AvgIpc) is 2.91. The summed E-state index contributed by atoms with van der Waals surface area (Å²) in [7, 11) is 1.69. The van der Waals surface area contributed by atoms with Crippen LogP contribution in [0.3, 0.4) is 0 Å². The van der Waals surface area contributed by atoms with Gasteiger partial charge in [-0.25, -0.2) is 4.98 Å². The van der Waals surface area contributed by atoms with Gasteiger partial charge in [-0.1, -0.05) is 0 Å². The molecule has 3 N–H and O–H groups in total. The predicted molar refractivity (Wildman–Crippen MR) is 69.4 cm³/mol. The highest BCUT2D eigenvalue weighted by Crippen LogP contribution is 2.23. The second-order valence-corrected chi connectivity index (χ2v) is 4.97. The smallest absolute Gasteiger partial charge is 0.323 e. The molecule has 3 atom stereocenters. The average molecular weight is 267 g/mol. The number of aromatic nitrogens is 2. The zero-order chi connectivity index (χ0) is 13.7. The van der Waals surface area contributed by atoms with Gasteiger partial charge in [-0.3, -0.25) is 4.79 Å². The lowest BCUT2D eigenvalue weighted by atomic mass is 9.95. The molecule has 6 nitrogen and oxygen atoms in total. The predicted octanol–water partition coefficient (Wildman–Crippen LogP) is 0.780. The van der Waals surface area contributed by atoms with Crippen molar-refractivity contribution < 1.29 is 14.3 Å². The lowest BCUT2D eigenvalue weighted by Crippen LogP contribution is -2.38. The van der Waals surface area contributed by atoms with Gasteiger partial charge in [0.05, 0.1) is 12.4 Å². The molecule has 0 spiro atoms. The number of aromatic amines is 1. The summed E-state index contributed by atoms with van der Waals surface area (Å²) in [5, 5.41) is 0. The Morgan fingerprint density at radius 2 is 2.37 bits per heavy atom. The van der Waals surface area contributed by atoms with Crippen LogP contribution < -0.4 is 5.73 Å². The van der Waals surface area contributed by atoms with E-state index in [-0.39, 0.29) is 18.2 Å². The summed E-state index contributed by atoms with van der Waals surface area (Å²) in [4.78, 5) is 18.7. The Morgan fingerprint density at radius 3 is 3.05 bits per heavy atom. The molecule has 6 heteroatoms. The van der Waals surface area contributed by atoms with E-state index in [9.17, 15) is 4.79 Å². The van der Waals surface area contributed by atoms with Crippen LogP contribution in [0, 0.1) is 0 Å². The highest BCUT2D eigenvalue weighted by atomic mass is 16.5. The highest BCUT2D eigenvalue weighted by Gasteiger charge is 2.26. The second kappa shape index (κ2) is 6.68. The number of nitrogens with one attached hydrogen (secondary N) is 1. The van der Waals surface area contributed by atoms with Gasteiger partial charge in [0.1, 0.15) is 12.1 Å². The number of esters is 1. The fourth-order valence-corrected chi connectivity index (χ4v) is 2.39. The van der Waals surface area contributed by atoms with Gasteiger partial charge in [-0.2, -0.15) is 0 Å². The Balaban J connectivity index is 1.79. The van der Waals surface area contributed by atoms with Gasteiger partial charge in [-0.15, -0.1) is 0 Å². The summed E-state index contributed by atoms with van der Waals surface area (Å²) in [6, 6.07) is -0.650. The van der Waals surface area contributed by atoms with Crippen LogP contribution in [0.4, 0.5) is 0 Å². The molecule has 0 aliphatic heterocycles. The minimum Gasteiger partial charge on any atom is -0.461 e. The van der Waals surface area contributed by atoms with Crippen LogP contribution >= 0.6 is 0 Å². The first kappa shape index (κ1) is 14.0. The molecular weight excluding hydrogens is 246 g/mol. The van der Waals surface area contributed by atoms with Gasteiger partial charge in [0.2, 0.25) is 0 Å². The zero-order valence-electron chi connectivity index (χ0n) is 11.2. The van der Waals surface area contributed by atoms with E-state index in [1.54, 1.807) is 19.6 Å². The van der Waals surface area contributed by atoms with Crippen LogP contribution in [-0.2, 0) is 20.7 Å². The third-order valence-corrected chi connectivity index (χ3v) is 3.49. The first-order valence-electron chi connectivity index (χ1n) is 6.65.